The van der Waals surface area contributed by atoms with Crippen molar-refractivity contribution in [2.75, 3.05) is 32.8 Å². The van der Waals surface area contributed by atoms with Gasteiger partial charge in [-0.15, -0.1) is 0 Å². The molecule has 1 aromatic carbocycles. The number of hydrogen-bond donors (Lipinski definition) is 1. The third-order valence-electron chi connectivity index (χ3n) is 7.36. The van der Waals surface area contributed by atoms with Crippen LogP contribution in [0.2, 0.25) is 5.02 Å². The first-order chi connectivity index (χ1) is 18.8. The van der Waals surface area contributed by atoms with Gasteiger partial charge >= 0.3 is 16.3 Å². The van der Waals surface area contributed by atoms with Crippen molar-refractivity contribution in [1.29, 1.82) is 0 Å². The first-order valence-corrected chi connectivity index (χ1v) is 15.7. The van der Waals surface area contributed by atoms with Crippen molar-refractivity contribution < 1.29 is 36.6 Å². The highest BCUT2D eigenvalue weighted by atomic mass is 35.5. The molecule has 3 fully saturated rings. The molecule has 4 rings (SSSR count). The fourth-order valence-electron chi connectivity index (χ4n) is 5.25. The van der Waals surface area contributed by atoms with Crippen LogP contribution in [0.25, 0.3) is 0 Å². The summed E-state index contributed by atoms with van der Waals surface area (Å²) in [6.07, 6.45) is 5.19. The average Bonchev–Trinajstić information content (AvgIpc) is 3.56. The van der Waals surface area contributed by atoms with Crippen LogP contribution in [0.5, 0.6) is 5.75 Å². The number of nitrogens with zero attached hydrogens (tertiary/aromatic N) is 2. The molecular formula is C27H39ClFN3O7S. The Morgan fingerprint density at radius 2 is 1.70 bits per heavy atom. The number of ether oxygens (including phenoxy) is 3. The summed E-state index contributed by atoms with van der Waals surface area (Å²) in [5.74, 6) is -1.49. The summed E-state index contributed by atoms with van der Waals surface area (Å²) in [6.45, 7) is 7.08. The lowest BCUT2D eigenvalue weighted by atomic mass is 10.1. The summed E-state index contributed by atoms with van der Waals surface area (Å²) in [4.78, 5) is 26.6. The number of carbonyl (C=O) groups is 2. The van der Waals surface area contributed by atoms with Crippen LogP contribution in [-0.4, -0.2) is 80.2 Å². The Labute approximate surface area is 240 Å². The van der Waals surface area contributed by atoms with Crippen LogP contribution in [0.1, 0.15) is 76.1 Å². The fraction of sp³-hybridized carbons (Fsp3) is 0.704. The van der Waals surface area contributed by atoms with Crippen LogP contribution in [0.3, 0.4) is 0 Å². The molecule has 2 heterocycles. The molecule has 2 saturated heterocycles. The van der Waals surface area contributed by atoms with Gasteiger partial charge in [0.2, 0.25) is 0 Å². The van der Waals surface area contributed by atoms with E-state index in [-0.39, 0.29) is 42.2 Å². The van der Waals surface area contributed by atoms with E-state index in [2.05, 4.69) is 0 Å². The van der Waals surface area contributed by atoms with Crippen molar-refractivity contribution in [3.05, 3.63) is 28.5 Å². The third kappa shape index (κ3) is 8.20. The summed E-state index contributed by atoms with van der Waals surface area (Å²) in [5.41, 5.74) is -1.05. The Morgan fingerprint density at radius 1 is 1.05 bits per heavy atom. The number of nitrogens with one attached hydrogen (secondary N) is 1. The number of piperidine rings is 1. The van der Waals surface area contributed by atoms with E-state index in [0.29, 0.717) is 44.9 Å². The maximum atomic E-state index is 14.7. The van der Waals surface area contributed by atoms with Crippen LogP contribution < -0.4 is 9.46 Å². The number of amides is 2. The van der Waals surface area contributed by atoms with Crippen molar-refractivity contribution in [1.82, 2.24) is 13.9 Å². The maximum Gasteiger partial charge on any atom is 0.410 e. The monoisotopic (exact) mass is 603 g/mol. The molecule has 1 saturated carbocycles. The second-order valence-corrected chi connectivity index (χ2v) is 13.8. The van der Waals surface area contributed by atoms with Crippen molar-refractivity contribution in [2.24, 2.45) is 5.92 Å². The number of rotatable bonds is 8. The van der Waals surface area contributed by atoms with E-state index < -0.39 is 33.1 Å². The molecule has 2 amide bonds. The largest absolute Gasteiger partial charge is 0.492 e. The second-order valence-electron chi connectivity index (χ2n) is 11.7. The van der Waals surface area contributed by atoms with Gasteiger partial charge in [-0.25, -0.2) is 13.9 Å². The van der Waals surface area contributed by atoms with Crippen molar-refractivity contribution in [2.45, 2.75) is 83.5 Å². The van der Waals surface area contributed by atoms with Crippen LogP contribution >= 0.6 is 11.6 Å². The van der Waals surface area contributed by atoms with Gasteiger partial charge in [0.1, 0.15) is 17.2 Å². The van der Waals surface area contributed by atoms with Gasteiger partial charge < -0.3 is 19.1 Å². The second kappa shape index (κ2) is 12.8. The molecule has 224 valence electrons. The van der Waals surface area contributed by atoms with Crippen LogP contribution in [0.4, 0.5) is 9.18 Å². The average molecular weight is 604 g/mol. The van der Waals surface area contributed by atoms with Gasteiger partial charge in [-0.2, -0.15) is 12.7 Å². The molecule has 1 N–H and O–H groups in total. The van der Waals surface area contributed by atoms with Gasteiger partial charge in [0.25, 0.3) is 5.91 Å². The van der Waals surface area contributed by atoms with Crippen LogP contribution in [0, 0.1) is 11.7 Å². The van der Waals surface area contributed by atoms with Gasteiger partial charge in [-0.05, 0) is 64.9 Å². The predicted octanol–water partition coefficient (Wildman–Crippen LogP) is 4.51. The molecule has 3 aliphatic rings. The van der Waals surface area contributed by atoms with Gasteiger partial charge in [0.05, 0.1) is 35.9 Å². The Morgan fingerprint density at radius 3 is 2.35 bits per heavy atom. The molecule has 0 aromatic heterocycles. The Balaban J connectivity index is 1.25. The Bertz CT molecular complexity index is 1180. The summed E-state index contributed by atoms with van der Waals surface area (Å²) in [6, 6.07) is 2.11. The van der Waals surface area contributed by atoms with E-state index >= 15 is 0 Å². The molecular weight excluding hydrogens is 565 g/mol. The molecule has 13 heteroatoms. The molecule has 1 unspecified atom stereocenters. The molecule has 40 heavy (non-hydrogen) atoms. The number of halogens is 2. The molecule has 2 aliphatic heterocycles. The van der Waals surface area contributed by atoms with Crippen LogP contribution in [-0.2, 0) is 19.7 Å². The first-order valence-electron chi connectivity index (χ1n) is 13.9. The molecule has 0 bridgehead atoms. The highest BCUT2D eigenvalue weighted by Gasteiger charge is 2.35. The summed E-state index contributed by atoms with van der Waals surface area (Å²) >= 11 is 6.22. The molecule has 0 spiro atoms. The van der Waals surface area contributed by atoms with Crippen molar-refractivity contribution in [3.63, 3.8) is 0 Å². The molecule has 1 atom stereocenters. The topological polar surface area (TPSA) is 114 Å². The third-order valence-corrected chi connectivity index (χ3v) is 9.14. The first kappa shape index (κ1) is 30.8. The highest BCUT2D eigenvalue weighted by molar-refractivity contribution is 7.87. The zero-order valence-corrected chi connectivity index (χ0v) is 24.9. The maximum absolute atomic E-state index is 14.7. The number of benzene rings is 1. The lowest BCUT2D eigenvalue weighted by Crippen LogP contribution is -2.48. The predicted molar refractivity (Wildman–Crippen MR) is 147 cm³/mol. The number of likely N-dealkylation sites (tertiary alicyclic amines) is 1. The summed E-state index contributed by atoms with van der Waals surface area (Å²) in [7, 11) is -4.21. The minimum atomic E-state index is -4.21. The van der Waals surface area contributed by atoms with E-state index in [1.54, 1.807) is 4.90 Å². The molecule has 0 radical (unpaired) electrons. The zero-order chi connectivity index (χ0) is 29.1. The molecule has 1 aromatic rings. The zero-order valence-electron chi connectivity index (χ0n) is 23.3. The van der Waals surface area contributed by atoms with E-state index in [4.69, 9.17) is 25.8 Å². The van der Waals surface area contributed by atoms with E-state index in [9.17, 15) is 22.4 Å². The number of carbonyl (C=O) groups excluding carboxylic acids is 2. The fourth-order valence-corrected chi connectivity index (χ4v) is 6.63. The normalized spacial score (nSPS) is 21.5. The highest BCUT2D eigenvalue weighted by Crippen LogP contribution is 2.31. The van der Waals surface area contributed by atoms with E-state index in [0.717, 1.165) is 42.1 Å². The lowest BCUT2D eigenvalue weighted by molar-refractivity contribution is -0.0307. The van der Waals surface area contributed by atoms with E-state index in [1.807, 2.05) is 25.5 Å². The Hall–Kier alpha value is -2.15. The standard InChI is InChI=1S/C27H39ClFN3O7S/c1-27(2,3)39-26(34)31-11-8-20(16-31)38-19-9-12-32(13-10-19)40(35,36)30-25(33)21-14-22(28)24(15-23(21)29)37-17-18-6-4-5-7-18/h14-15,18-20H,4-13,16-17H2,1-3H3,(H,30,33). The minimum absolute atomic E-state index is 0.0389. The van der Waals surface area contributed by atoms with Gasteiger partial charge in [0.15, 0.2) is 0 Å². The quantitative estimate of drug-likeness (QED) is 0.465. The SMILES string of the molecule is CC(C)(C)OC(=O)N1CCC(OC2CCN(S(=O)(=O)NC(=O)c3cc(Cl)c(OCC4CCCC4)cc3F)CC2)C1. The summed E-state index contributed by atoms with van der Waals surface area (Å²) in [5, 5.41) is 0.0389. The molecule has 10 nitrogen and oxygen atoms in total. The Kier molecular flexibility index (Phi) is 9.85. The van der Waals surface area contributed by atoms with Crippen LogP contribution in [0.15, 0.2) is 12.1 Å². The van der Waals surface area contributed by atoms with Crippen molar-refractivity contribution in [3.8, 4) is 5.75 Å². The van der Waals surface area contributed by atoms with Crippen molar-refractivity contribution >= 4 is 33.8 Å². The van der Waals surface area contributed by atoms with E-state index in [1.165, 1.54) is 0 Å². The lowest BCUT2D eigenvalue weighted by Gasteiger charge is -2.32. The number of hydrogen-bond acceptors (Lipinski definition) is 7. The smallest absolute Gasteiger partial charge is 0.410 e. The molecule has 1 aliphatic carbocycles. The minimum Gasteiger partial charge on any atom is -0.492 e. The summed E-state index contributed by atoms with van der Waals surface area (Å²) < 4.78 is 60.8. The van der Waals surface area contributed by atoms with Gasteiger partial charge in [-0.1, -0.05) is 24.4 Å². The van der Waals surface area contributed by atoms with Gasteiger partial charge in [-0.3, -0.25) is 4.79 Å². The van der Waals surface area contributed by atoms with Gasteiger partial charge in [0, 0.05) is 25.7 Å².